The van der Waals surface area contributed by atoms with Gasteiger partial charge in [0.25, 0.3) is 11.8 Å². The summed E-state index contributed by atoms with van der Waals surface area (Å²) >= 11 is 1.59. The Balaban J connectivity index is 1.25. The van der Waals surface area contributed by atoms with Gasteiger partial charge in [-0.1, -0.05) is 26.0 Å². The number of nitrogens with zero attached hydrogens (tertiary/aromatic N) is 2. The highest BCUT2D eigenvalue weighted by atomic mass is 32.2. The van der Waals surface area contributed by atoms with Gasteiger partial charge in [0.1, 0.15) is 11.6 Å². The number of esters is 1. The fraction of sp³-hybridized carbons (Fsp3) is 0.241. The quantitative estimate of drug-likeness (QED) is 0.248. The first-order valence-electron chi connectivity index (χ1n) is 12.9. The molecule has 0 saturated heterocycles. The normalized spacial score (nSPS) is 11.4. The van der Waals surface area contributed by atoms with E-state index in [1.165, 1.54) is 34.1 Å². The number of carbonyl (C=O) groups is 3. The fourth-order valence-electron chi connectivity index (χ4n) is 4.01. The zero-order chi connectivity index (χ0) is 29.6. The molecule has 0 atom stereocenters. The predicted molar refractivity (Wildman–Crippen MR) is 158 cm³/mol. The van der Waals surface area contributed by atoms with Gasteiger partial charge in [0.05, 0.1) is 15.1 Å². The van der Waals surface area contributed by atoms with E-state index in [0.29, 0.717) is 18.8 Å². The van der Waals surface area contributed by atoms with Gasteiger partial charge in [0.2, 0.25) is 10.0 Å². The van der Waals surface area contributed by atoms with Crippen molar-refractivity contribution in [2.45, 2.75) is 25.7 Å². The Kier molecular flexibility index (Phi) is 9.48. The number of nitrogens with one attached hydrogen (secondary N) is 2. The number of hydrogen-bond acceptors (Lipinski definition) is 8. The second-order valence-electron chi connectivity index (χ2n) is 9.08. The lowest BCUT2D eigenvalue weighted by molar-refractivity contribution is -0.146. The Morgan fingerprint density at radius 2 is 1.71 bits per heavy atom. The number of sulfonamides is 1. The second kappa shape index (κ2) is 13.0. The van der Waals surface area contributed by atoms with E-state index in [9.17, 15) is 22.8 Å². The average Bonchev–Trinajstić information content (AvgIpc) is 3.39. The lowest BCUT2D eigenvalue weighted by Crippen LogP contribution is -2.33. The average molecular weight is 595 g/mol. The van der Waals surface area contributed by atoms with Crippen LogP contribution < -0.4 is 10.6 Å². The van der Waals surface area contributed by atoms with E-state index in [-0.39, 0.29) is 10.5 Å². The number of fused-ring (bicyclic) bond motifs is 1. The topological polar surface area (TPSA) is 135 Å². The van der Waals surface area contributed by atoms with Crippen molar-refractivity contribution in [3.8, 4) is 10.6 Å². The molecule has 0 saturated carbocycles. The highest BCUT2D eigenvalue weighted by molar-refractivity contribution is 7.89. The molecule has 2 N–H and O–H groups in total. The molecule has 3 aromatic carbocycles. The van der Waals surface area contributed by atoms with Crippen LogP contribution in [0.15, 0.2) is 71.6 Å². The molecule has 4 aromatic rings. The molecule has 10 nitrogen and oxygen atoms in total. The first-order valence-corrected chi connectivity index (χ1v) is 15.2. The monoisotopic (exact) mass is 594 g/mol. The summed E-state index contributed by atoms with van der Waals surface area (Å²) in [6.07, 6.45) is 0. The molecule has 0 spiro atoms. The lowest BCUT2D eigenvalue weighted by atomic mass is 10.2. The number of ether oxygens (including phenoxy) is 1. The summed E-state index contributed by atoms with van der Waals surface area (Å²) in [5.41, 5.74) is 3.62. The van der Waals surface area contributed by atoms with Crippen LogP contribution in [0.25, 0.3) is 20.8 Å². The maximum Gasteiger partial charge on any atom is 0.325 e. The van der Waals surface area contributed by atoms with Crippen molar-refractivity contribution in [2.24, 2.45) is 0 Å². The van der Waals surface area contributed by atoms with E-state index < -0.39 is 41.0 Å². The number of benzene rings is 3. The van der Waals surface area contributed by atoms with Gasteiger partial charge in [0.15, 0.2) is 6.61 Å². The largest absolute Gasteiger partial charge is 0.454 e. The molecular weight excluding hydrogens is 564 g/mol. The Morgan fingerprint density at radius 3 is 2.41 bits per heavy atom. The number of anilines is 1. The first kappa shape index (κ1) is 29.8. The Labute approximate surface area is 242 Å². The summed E-state index contributed by atoms with van der Waals surface area (Å²) in [6.45, 7) is 5.05. The van der Waals surface area contributed by atoms with Crippen molar-refractivity contribution >= 4 is 55.0 Å². The molecular formula is C29H30N4O6S2. The zero-order valence-electron chi connectivity index (χ0n) is 22.8. The van der Waals surface area contributed by atoms with Gasteiger partial charge in [-0.3, -0.25) is 14.4 Å². The van der Waals surface area contributed by atoms with Crippen molar-refractivity contribution in [1.29, 1.82) is 0 Å². The molecule has 1 aromatic heterocycles. The van der Waals surface area contributed by atoms with Gasteiger partial charge in [-0.25, -0.2) is 13.4 Å². The minimum Gasteiger partial charge on any atom is -0.454 e. The summed E-state index contributed by atoms with van der Waals surface area (Å²) in [5, 5.41) is 5.91. The van der Waals surface area contributed by atoms with Crippen LogP contribution in [0, 0.1) is 6.92 Å². The smallest absolute Gasteiger partial charge is 0.325 e. The van der Waals surface area contributed by atoms with Gasteiger partial charge in [-0.05, 0) is 67.1 Å². The number of aryl methyl sites for hydroxylation is 1. The van der Waals surface area contributed by atoms with Crippen molar-refractivity contribution in [1.82, 2.24) is 14.6 Å². The first-order chi connectivity index (χ1) is 19.6. The Bertz CT molecular complexity index is 1680. The fourth-order valence-corrected chi connectivity index (χ4v) is 6.58. The molecule has 0 aliphatic carbocycles. The van der Waals surface area contributed by atoms with Gasteiger partial charge < -0.3 is 15.4 Å². The molecule has 1 heterocycles. The molecule has 0 bridgehead atoms. The predicted octanol–water partition coefficient (Wildman–Crippen LogP) is 4.21. The van der Waals surface area contributed by atoms with Crippen molar-refractivity contribution in [3.63, 3.8) is 0 Å². The van der Waals surface area contributed by atoms with E-state index >= 15 is 0 Å². The molecule has 0 radical (unpaired) electrons. The van der Waals surface area contributed by atoms with Crippen molar-refractivity contribution in [2.75, 3.05) is 31.6 Å². The summed E-state index contributed by atoms with van der Waals surface area (Å²) < 4.78 is 32.8. The summed E-state index contributed by atoms with van der Waals surface area (Å²) in [5.74, 6) is -2.00. The summed E-state index contributed by atoms with van der Waals surface area (Å²) in [7, 11) is -3.74. The molecule has 0 unspecified atom stereocenters. The van der Waals surface area contributed by atoms with Crippen LogP contribution in [-0.2, 0) is 24.3 Å². The van der Waals surface area contributed by atoms with Crippen molar-refractivity contribution in [3.05, 3.63) is 77.9 Å². The summed E-state index contributed by atoms with van der Waals surface area (Å²) in [6, 6.07) is 18.8. The highest BCUT2D eigenvalue weighted by Crippen LogP contribution is 2.31. The molecule has 214 valence electrons. The van der Waals surface area contributed by atoms with Crippen LogP contribution in [0.5, 0.6) is 0 Å². The number of hydrogen-bond donors (Lipinski definition) is 2. The number of aromatic nitrogens is 1. The van der Waals surface area contributed by atoms with E-state index in [1.54, 1.807) is 37.3 Å². The highest BCUT2D eigenvalue weighted by Gasteiger charge is 2.22. The number of carbonyl (C=O) groups excluding carboxylic acids is 3. The minimum absolute atomic E-state index is 0.0173. The molecule has 0 aliphatic heterocycles. The zero-order valence-corrected chi connectivity index (χ0v) is 24.5. The summed E-state index contributed by atoms with van der Waals surface area (Å²) in [4.78, 5) is 41.5. The third-order valence-electron chi connectivity index (χ3n) is 6.16. The SMILES string of the molecule is CCN(CC)S(=O)(=O)c1cccc(C(=O)NCC(=O)OCC(=O)Nc2ccc(-c3nc4ccc(C)cc4s3)cc2)c1. The van der Waals surface area contributed by atoms with Crippen LogP contribution in [0.3, 0.4) is 0 Å². The second-order valence-corrected chi connectivity index (χ2v) is 12.0. The van der Waals surface area contributed by atoms with E-state index in [2.05, 4.69) is 21.7 Å². The minimum atomic E-state index is -3.74. The molecule has 41 heavy (non-hydrogen) atoms. The van der Waals surface area contributed by atoms with Crippen LogP contribution in [0.2, 0.25) is 0 Å². The maximum absolute atomic E-state index is 12.7. The van der Waals surface area contributed by atoms with Crippen LogP contribution in [-0.4, -0.2) is 61.7 Å². The maximum atomic E-state index is 12.7. The van der Waals surface area contributed by atoms with E-state index in [4.69, 9.17) is 4.74 Å². The Hall–Kier alpha value is -4.13. The molecule has 0 aliphatic rings. The number of thiazole rings is 1. The molecule has 4 rings (SSSR count). The van der Waals surface area contributed by atoms with Gasteiger partial charge >= 0.3 is 5.97 Å². The molecule has 0 fully saturated rings. The van der Waals surface area contributed by atoms with Gasteiger partial charge in [0, 0.05) is 29.9 Å². The third-order valence-corrected chi connectivity index (χ3v) is 9.27. The number of amides is 2. The molecule has 12 heteroatoms. The number of rotatable bonds is 11. The van der Waals surface area contributed by atoms with Crippen LogP contribution >= 0.6 is 11.3 Å². The Morgan fingerprint density at radius 1 is 0.976 bits per heavy atom. The van der Waals surface area contributed by atoms with Gasteiger partial charge in [-0.2, -0.15) is 4.31 Å². The van der Waals surface area contributed by atoms with E-state index in [0.717, 1.165) is 20.8 Å². The lowest BCUT2D eigenvalue weighted by Gasteiger charge is -2.18. The standard InChI is InChI=1S/C29H30N4O6S2/c1-4-33(5-2)41(37,38)23-8-6-7-21(16-23)28(36)30-17-27(35)39-18-26(34)31-22-12-10-20(11-13-22)29-32-24-14-9-19(3)15-25(24)40-29/h6-16H,4-5,17-18H2,1-3H3,(H,30,36)(H,31,34). The third kappa shape index (κ3) is 7.34. The van der Waals surface area contributed by atoms with Gasteiger partial charge in [-0.15, -0.1) is 11.3 Å². The van der Waals surface area contributed by atoms with Crippen LogP contribution in [0.4, 0.5) is 5.69 Å². The van der Waals surface area contributed by atoms with Crippen molar-refractivity contribution < 1.29 is 27.5 Å². The van der Waals surface area contributed by atoms with E-state index in [1.807, 2.05) is 31.2 Å². The molecule has 2 amide bonds. The van der Waals surface area contributed by atoms with Crippen LogP contribution in [0.1, 0.15) is 29.8 Å².